The molecule has 0 N–H and O–H groups in total. The van der Waals surface area contributed by atoms with E-state index in [0.29, 0.717) is 18.2 Å². The molecule has 2 heterocycles. The number of carbonyl (C=O) groups excluding carboxylic acids is 1. The third-order valence-electron chi connectivity index (χ3n) is 3.82. The van der Waals surface area contributed by atoms with Crippen LogP contribution in [0.15, 0.2) is 18.3 Å². The van der Waals surface area contributed by atoms with Gasteiger partial charge in [0.15, 0.2) is 5.78 Å². The molecular weight excluding hydrogens is 224 g/mol. The minimum absolute atomic E-state index is 0.113. The van der Waals surface area contributed by atoms with Gasteiger partial charge in [0, 0.05) is 19.0 Å². The first-order chi connectivity index (χ1) is 8.61. The van der Waals surface area contributed by atoms with Crippen molar-refractivity contribution in [2.45, 2.75) is 46.1 Å². The quantitative estimate of drug-likeness (QED) is 0.767. The molecule has 3 heteroatoms. The van der Waals surface area contributed by atoms with Gasteiger partial charge in [-0.3, -0.25) is 9.78 Å². The zero-order chi connectivity index (χ0) is 13.1. The number of hydrogen-bond donors (Lipinski definition) is 0. The Balaban J connectivity index is 2.12. The Morgan fingerprint density at radius 2 is 2.22 bits per heavy atom. The van der Waals surface area contributed by atoms with Gasteiger partial charge >= 0.3 is 0 Å². The fourth-order valence-electron chi connectivity index (χ4n) is 2.69. The number of aromatic nitrogens is 1. The van der Waals surface area contributed by atoms with Gasteiger partial charge in [0.1, 0.15) is 5.69 Å². The molecule has 1 fully saturated rings. The van der Waals surface area contributed by atoms with Gasteiger partial charge in [0.25, 0.3) is 0 Å². The largest absolute Gasteiger partial charge is 0.368 e. The maximum absolute atomic E-state index is 11.5. The highest BCUT2D eigenvalue weighted by atomic mass is 16.1. The van der Waals surface area contributed by atoms with Crippen LogP contribution in [-0.2, 0) is 0 Å². The molecule has 1 saturated heterocycles. The van der Waals surface area contributed by atoms with Crippen molar-refractivity contribution in [2.75, 3.05) is 11.4 Å². The second-order valence-electron chi connectivity index (χ2n) is 5.35. The van der Waals surface area contributed by atoms with Gasteiger partial charge in [-0.2, -0.15) is 0 Å². The molecule has 2 atom stereocenters. The molecule has 0 amide bonds. The molecule has 0 radical (unpaired) electrons. The Hall–Kier alpha value is -1.38. The lowest BCUT2D eigenvalue weighted by Gasteiger charge is -2.38. The van der Waals surface area contributed by atoms with E-state index >= 15 is 0 Å². The lowest BCUT2D eigenvalue weighted by molar-refractivity contribution is 0.0983. The highest BCUT2D eigenvalue weighted by molar-refractivity contribution is 5.94. The summed E-state index contributed by atoms with van der Waals surface area (Å²) in [6.07, 6.45) is 4.83. The summed E-state index contributed by atoms with van der Waals surface area (Å²) in [6.45, 7) is 7.53. The first-order valence-electron chi connectivity index (χ1n) is 6.87. The Labute approximate surface area is 109 Å². The van der Waals surface area contributed by atoms with Crippen LogP contribution in [0.1, 0.15) is 50.5 Å². The van der Waals surface area contributed by atoms with Crippen molar-refractivity contribution in [3.63, 3.8) is 0 Å². The van der Waals surface area contributed by atoms with Crippen molar-refractivity contribution < 1.29 is 4.79 Å². The summed E-state index contributed by atoms with van der Waals surface area (Å²) in [5.74, 6) is 0.923. The first kappa shape index (κ1) is 13.1. The summed E-state index contributed by atoms with van der Waals surface area (Å²) in [5, 5.41) is 0. The number of carbonyl (C=O) groups is 1. The molecule has 2 rings (SSSR count). The van der Waals surface area contributed by atoms with Crippen molar-refractivity contribution in [3.05, 3.63) is 24.0 Å². The maximum atomic E-state index is 11.5. The number of ketones is 1. The standard InChI is InChI=1S/C15H22N2O/c1-4-15(18)14-6-5-13(10-16-14)17-8-7-11(2)9-12(17)3/h5-6,10-12H,4,7-9H2,1-3H3. The molecular formula is C15H22N2O. The van der Waals surface area contributed by atoms with E-state index in [0.717, 1.165) is 18.2 Å². The summed E-state index contributed by atoms with van der Waals surface area (Å²) >= 11 is 0. The monoisotopic (exact) mass is 246 g/mol. The Kier molecular flexibility index (Phi) is 4.00. The first-order valence-corrected chi connectivity index (χ1v) is 6.87. The second kappa shape index (κ2) is 5.51. The van der Waals surface area contributed by atoms with E-state index in [1.165, 1.54) is 12.8 Å². The molecule has 3 nitrogen and oxygen atoms in total. The lowest BCUT2D eigenvalue weighted by atomic mass is 9.93. The zero-order valence-electron chi connectivity index (χ0n) is 11.5. The molecule has 0 aliphatic carbocycles. The molecule has 18 heavy (non-hydrogen) atoms. The predicted octanol–water partition coefficient (Wildman–Crippen LogP) is 3.30. The average molecular weight is 246 g/mol. The predicted molar refractivity (Wildman–Crippen MR) is 74.1 cm³/mol. The Bertz CT molecular complexity index is 413. The molecule has 2 unspecified atom stereocenters. The van der Waals surface area contributed by atoms with Crippen molar-refractivity contribution >= 4 is 11.5 Å². The van der Waals surface area contributed by atoms with Crippen LogP contribution in [0.25, 0.3) is 0 Å². The SMILES string of the molecule is CCC(=O)c1ccc(N2CCC(C)CC2C)cn1. The van der Waals surface area contributed by atoms with E-state index < -0.39 is 0 Å². The van der Waals surface area contributed by atoms with E-state index in [2.05, 4.69) is 23.7 Å². The number of hydrogen-bond acceptors (Lipinski definition) is 3. The van der Waals surface area contributed by atoms with Gasteiger partial charge in [-0.25, -0.2) is 0 Å². The number of rotatable bonds is 3. The van der Waals surface area contributed by atoms with Crippen molar-refractivity contribution in [2.24, 2.45) is 5.92 Å². The van der Waals surface area contributed by atoms with Crippen molar-refractivity contribution in [1.29, 1.82) is 0 Å². The topological polar surface area (TPSA) is 33.2 Å². The molecule has 1 aromatic heterocycles. The summed E-state index contributed by atoms with van der Waals surface area (Å²) in [5.41, 5.74) is 1.72. The fraction of sp³-hybridized carbons (Fsp3) is 0.600. The van der Waals surface area contributed by atoms with E-state index in [4.69, 9.17) is 0 Å². The molecule has 0 saturated carbocycles. The molecule has 1 aromatic rings. The highest BCUT2D eigenvalue weighted by Crippen LogP contribution is 2.27. The smallest absolute Gasteiger partial charge is 0.180 e. The minimum atomic E-state index is 0.113. The fourth-order valence-corrected chi connectivity index (χ4v) is 2.69. The van der Waals surface area contributed by atoms with Gasteiger partial charge in [0.2, 0.25) is 0 Å². The normalized spacial score (nSPS) is 24.1. The van der Waals surface area contributed by atoms with Gasteiger partial charge in [-0.05, 0) is 37.8 Å². The van der Waals surface area contributed by atoms with Gasteiger partial charge in [-0.1, -0.05) is 13.8 Å². The Morgan fingerprint density at radius 3 is 2.78 bits per heavy atom. The number of pyridine rings is 1. The van der Waals surface area contributed by atoms with Crippen LogP contribution in [0.2, 0.25) is 0 Å². The van der Waals surface area contributed by atoms with Crippen LogP contribution < -0.4 is 4.90 Å². The van der Waals surface area contributed by atoms with Crippen molar-refractivity contribution in [1.82, 2.24) is 4.98 Å². The van der Waals surface area contributed by atoms with Crippen LogP contribution in [0, 0.1) is 5.92 Å². The average Bonchev–Trinajstić information content (AvgIpc) is 2.38. The summed E-state index contributed by atoms with van der Waals surface area (Å²) in [4.78, 5) is 18.2. The number of Topliss-reactive ketones (excluding diaryl/α,β-unsaturated/α-hetero) is 1. The third-order valence-corrected chi connectivity index (χ3v) is 3.82. The second-order valence-corrected chi connectivity index (χ2v) is 5.35. The highest BCUT2D eigenvalue weighted by Gasteiger charge is 2.23. The summed E-state index contributed by atoms with van der Waals surface area (Å²) in [7, 11) is 0. The molecule has 0 aromatic carbocycles. The van der Waals surface area contributed by atoms with Gasteiger partial charge in [0.05, 0.1) is 11.9 Å². The molecule has 98 valence electrons. The van der Waals surface area contributed by atoms with Gasteiger partial charge < -0.3 is 4.90 Å². The van der Waals surface area contributed by atoms with E-state index in [9.17, 15) is 4.79 Å². The molecule has 0 bridgehead atoms. The Morgan fingerprint density at radius 1 is 1.44 bits per heavy atom. The van der Waals surface area contributed by atoms with E-state index in [1.807, 2.05) is 25.3 Å². The number of nitrogens with zero attached hydrogens (tertiary/aromatic N) is 2. The summed E-state index contributed by atoms with van der Waals surface area (Å²) < 4.78 is 0. The zero-order valence-corrected chi connectivity index (χ0v) is 11.5. The maximum Gasteiger partial charge on any atom is 0.180 e. The molecule has 1 aliphatic rings. The van der Waals surface area contributed by atoms with Crippen LogP contribution in [0.5, 0.6) is 0 Å². The molecule has 1 aliphatic heterocycles. The van der Waals surface area contributed by atoms with Crippen LogP contribution in [0.3, 0.4) is 0 Å². The molecule has 0 spiro atoms. The summed E-state index contributed by atoms with van der Waals surface area (Å²) in [6, 6.07) is 4.44. The van der Waals surface area contributed by atoms with Crippen LogP contribution in [0.4, 0.5) is 5.69 Å². The van der Waals surface area contributed by atoms with E-state index in [-0.39, 0.29) is 5.78 Å². The van der Waals surface area contributed by atoms with Crippen LogP contribution in [-0.4, -0.2) is 23.4 Å². The lowest BCUT2D eigenvalue weighted by Crippen LogP contribution is -2.40. The third kappa shape index (κ3) is 2.71. The number of piperidine rings is 1. The van der Waals surface area contributed by atoms with Crippen molar-refractivity contribution in [3.8, 4) is 0 Å². The minimum Gasteiger partial charge on any atom is -0.368 e. The van der Waals surface area contributed by atoms with Gasteiger partial charge in [-0.15, -0.1) is 0 Å². The number of anilines is 1. The van der Waals surface area contributed by atoms with E-state index in [1.54, 1.807) is 0 Å². The van der Waals surface area contributed by atoms with Crippen LogP contribution >= 0.6 is 0 Å².